The Bertz CT molecular complexity index is 1220. The molecule has 2 aliphatic heterocycles. The van der Waals surface area contributed by atoms with E-state index in [4.69, 9.17) is 4.52 Å². The lowest BCUT2D eigenvalue weighted by atomic mass is 10.1. The smallest absolute Gasteiger partial charge is 0.263 e. The molecule has 156 valence electrons. The van der Waals surface area contributed by atoms with Gasteiger partial charge in [0.1, 0.15) is 6.54 Å². The Morgan fingerprint density at radius 3 is 2.55 bits per heavy atom. The van der Waals surface area contributed by atoms with Gasteiger partial charge in [0.2, 0.25) is 11.7 Å². The van der Waals surface area contributed by atoms with Crippen LogP contribution in [-0.4, -0.2) is 39.0 Å². The number of hydrogen-bond acceptors (Lipinski definition) is 8. The van der Waals surface area contributed by atoms with E-state index in [0.717, 1.165) is 20.5 Å². The Morgan fingerprint density at radius 1 is 1.03 bits per heavy atom. The molecule has 2 aliphatic rings. The summed E-state index contributed by atoms with van der Waals surface area (Å²) in [5.41, 5.74) is 3.64. The molecule has 0 aliphatic carbocycles. The second-order valence-electron chi connectivity index (χ2n) is 7.49. The zero-order valence-electron chi connectivity index (χ0n) is 16.7. The van der Waals surface area contributed by atoms with E-state index in [1.54, 1.807) is 24.3 Å². The molecule has 0 bridgehead atoms. The molecule has 1 aromatic heterocycles. The first-order valence-corrected chi connectivity index (χ1v) is 10.4. The van der Waals surface area contributed by atoms with Gasteiger partial charge in [-0.05, 0) is 55.3 Å². The van der Waals surface area contributed by atoms with Crippen LogP contribution in [0, 0.1) is 13.8 Å². The topological polar surface area (TPSA) is 104 Å². The quantitative estimate of drug-likeness (QED) is 0.528. The lowest BCUT2D eigenvalue weighted by molar-refractivity contribution is -0.123. The van der Waals surface area contributed by atoms with Crippen molar-refractivity contribution >= 4 is 33.4 Å². The lowest BCUT2D eigenvalue weighted by Gasteiger charge is -2.19. The van der Waals surface area contributed by atoms with E-state index in [9.17, 15) is 9.59 Å². The number of benzene rings is 2. The predicted molar refractivity (Wildman–Crippen MR) is 114 cm³/mol. The van der Waals surface area contributed by atoms with Gasteiger partial charge in [0.05, 0.1) is 5.69 Å². The number of halogens is 1. The minimum atomic E-state index is -0.877. The number of anilines is 1. The Morgan fingerprint density at radius 2 is 1.81 bits per heavy atom. The predicted octanol–water partition coefficient (Wildman–Crippen LogP) is 3.61. The Hall–Kier alpha value is -3.40. The fourth-order valence-corrected chi connectivity index (χ4v) is 3.92. The molecular formula is C21H17BrN6O3. The molecule has 0 radical (unpaired) electrons. The third kappa shape index (κ3) is 3.32. The van der Waals surface area contributed by atoms with Crippen LogP contribution in [0.3, 0.4) is 0 Å². The summed E-state index contributed by atoms with van der Waals surface area (Å²) in [6.45, 7) is 4.13. The van der Waals surface area contributed by atoms with Gasteiger partial charge in [0.15, 0.2) is 12.1 Å². The van der Waals surface area contributed by atoms with Crippen LogP contribution >= 0.6 is 15.9 Å². The van der Waals surface area contributed by atoms with Crippen molar-refractivity contribution in [1.82, 2.24) is 15.1 Å². The Kier molecular flexibility index (Phi) is 4.66. The van der Waals surface area contributed by atoms with Gasteiger partial charge in [-0.1, -0.05) is 38.4 Å². The molecule has 10 heteroatoms. The highest BCUT2D eigenvalue weighted by Gasteiger charge is 2.55. The number of nitrogens with zero attached hydrogens (tertiary/aromatic N) is 6. The first-order chi connectivity index (χ1) is 14.9. The third-order valence-corrected chi connectivity index (χ3v) is 6.00. The molecule has 3 aromatic rings. The molecule has 1 fully saturated rings. The standard InChI is InChI=1S/C21H17BrN6O3/c1-11-3-4-13(9-12(11)2)19-23-16(31-25-19)10-27-18-17(24-26-27)20(29)28(21(18)30)15-7-5-14(22)6-8-15/h3-9,17-18H,10H2,1-2H3/t17-,18+/m0/s1. The number of imide groups is 1. The molecule has 31 heavy (non-hydrogen) atoms. The number of amides is 2. The highest BCUT2D eigenvalue weighted by molar-refractivity contribution is 9.10. The largest absolute Gasteiger partial charge is 0.337 e. The summed E-state index contributed by atoms with van der Waals surface area (Å²) in [7, 11) is 0. The molecule has 0 unspecified atom stereocenters. The minimum Gasteiger partial charge on any atom is -0.337 e. The molecule has 0 spiro atoms. The maximum Gasteiger partial charge on any atom is 0.263 e. The van der Waals surface area contributed by atoms with Crippen LogP contribution in [0.2, 0.25) is 0 Å². The summed E-state index contributed by atoms with van der Waals surface area (Å²) < 4.78 is 6.22. The normalized spacial score (nSPS) is 20.1. The van der Waals surface area contributed by atoms with Gasteiger partial charge in [0, 0.05) is 10.0 Å². The van der Waals surface area contributed by atoms with Crippen molar-refractivity contribution in [3.05, 3.63) is 64.0 Å². The zero-order chi connectivity index (χ0) is 21.7. The second kappa shape index (κ2) is 7.38. The zero-order valence-corrected chi connectivity index (χ0v) is 18.3. The number of aryl methyl sites for hydroxylation is 2. The van der Waals surface area contributed by atoms with E-state index in [2.05, 4.69) is 36.4 Å². The third-order valence-electron chi connectivity index (χ3n) is 5.47. The van der Waals surface area contributed by atoms with E-state index in [1.807, 2.05) is 32.0 Å². The highest BCUT2D eigenvalue weighted by atomic mass is 79.9. The fraction of sp³-hybridized carbons (Fsp3) is 0.238. The summed E-state index contributed by atoms with van der Waals surface area (Å²) in [5, 5.41) is 13.5. The monoisotopic (exact) mass is 480 g/mol. The molecule has 3 heterocycles. The molecule has 2 amide bonds. The van der Waals surface area contributed by atoms with E-state index in [0.29, 0.717) is 11.5 Å². The number of fused-ring (bicyclic) bond motifs is 1. The molecule has 9 nitrogen and oxygen atoms in total. The lowest BCUT2D eigenvalue weighted by Crippen LogP contribution is -2.39. The van der Waals surface area contributed by atoms with Gasteiger partial charge in [-0.2, -0.15) is 10.1 Å². The fourth-order valence-electron chi connectivity index (χ4n) is 3.65. The van der Waals surface area contributed by atoms with E-state index in [-0.39, 0.29) is 18.3 Å². The summed E-state index contributed by atoms with van der Waals surface area (Å²) in [5.74, 6) is -0.0348. The van der Waals surface area contributed by atoms with Crippen LogP contribution < -0.4 is 4.90 Å². The van der Waals surface area contributed by atoms with Crippen molar-refractivity contribution in [2.75, 3.05) is 4.90 Å². The highest BCUT2D eigenvalue weighted by Crippen LogP contribution is 2.33. The summed E-state index contributed by atoms with van der Waals surface area (Å²) in [4.78, 5) is 31.4. The SMILES string of the molecule is Cc1ccc(-c2noc(CN3N=N[C@@H]4C(=O)N(c5ccc(Br)cc5)C(=O)[C@@H]43)n2)cc1C. The molecule has 5 rings (SSSR count). The first kappa shape index (κ1) is 19.6. The van der Waals surface area contributed by atoms with Crippen molar-refractivity contribution in [3.8, 4) is 11.4 Å². The van der Waals surface area contributed by atoms with Crippen molar-refractivity contribution in [2.45, 2.75) is 32.5 Å². The molecular weight excluding hydrogens is 464 g/mol. The average molecular weight is 481 g/mol. The molecule has 1 saturated heterocycles. The first-order valence-electron chi connectivity index (χ1n) is 9.63. The molecule has 2 aromatic carbocycles. The maximum atomic E-state index is 13.0. The number of carbonyl (C=O) groups excluding carboxylic acids is 2. The van der Waals surface area contributed by atoms with Crippen molar-refractivity contribution in [2.24, 2.45) is 10.3 Å². The van der Waals surface area contributed by atoms with E-state index in [1.165, 1.54) is 10.6 Å². The summed E-state index contributed by atoms with van der Waals surface area (Å²) in [6.07, 6.45) is 0. The Labute approximate surface area is 185 Å². The van der Waals surface area contributed by atoms with Crippen molar-refractivity contribution < 1.29 is 14.1 Å². The van der Waals surface area contributed by atoms with Crippen LogP contribution in [-0.2, 0) is 16.1 Å². The van der Waals surface area contributed by atoms with Crippen LogP contribution in [0.4, 0.5) is 5.69 Å². The van der Waals surface area contributed by atoms with Crippen LogP contribution in [0.15, 0.2) is 61.8 Å². The van der Waals surface area contributed by atoms with Gasteiger partial charge < -0.3 is 4.52 Å². The second-order valence-corrected chi connectivity index (χ2v) is 8.41. The van der Waals surface area contributed by atoms with Crippen molar-refractivity contribution in [3.63, 3.8) is 0 Å². The number of carbonyl (C=O) groups is 2. The van der Waals surface area contributed by atoms with E-state index < -0.39 is 18.0 Å². The van der Waals surface area contributed by atoms with Gasteiger partial charge in [0.25, 0.3) is 11.8 Å². The summed E-state index contributed by atoms with van der Waals surface area (Å²) in [6, 6.07) is 11.2. The van der Waals surface area contributed by atoms with Gasteiger partial charge in [-0.25, -0.2) is 4.90 Å². The maximum absolute atomic E-state index is 13.0. The van der Waals surface area contributed by atoms with Crippen molar-refractivity contribution in [1.29, 1.82) is 0 Å². The number of hydrogen-bond donors (Lipinski definition) is 0. The van der Waals surface area contributed by atoms with Crippen LogP contribution in [0.25, 0.3) is 11.4 Å². The summed E-state index contributed by atoms with van der Waals surface area (Å²) >= 11 is 3.35. The number of aromatic nitrogens is 2. The van der Waals surface area contributed by atoms with Crippen LogP contribution in [0.5, 0.6) is 0 Å². The van der Waals surface area contributed by atoms with E-state index >= 15 is 0 Å². The number of rotatable bonds is 4. The molecule has 0 N–H and O–H groups in total. The van der Waals surface area contributed by atoms with Gasteiger partial charge in [-0.3, -0.25) is 14.6 Å². The van der Waals surface area contributed by atoms with Crippen LogP contribution in [0.1, 0.15) is 17.0 Å². The molecule has 2 atom stereocenters. The molecule has 0 saturated carbocycles. The Balaban J connectivity index is 1.36. The minimum absolute atomic E-state index is 0.0791. The van der Waals surface area contributed by atoms with Gasteiger partial charge >= 0.3 is 0 Å². The van der Waals surface area contributed by atoms with Gasteiger partial charge in [-0.15, -0.1) is 0 Å². The average Bonchev–Trinajstić information content (AvgIpc) is 3.44.